The van der Waals surface area contributed by atoms with Crippen LogP contribution in [0.1, 0.15) is 40.2 Å². The van der Waals surface area contributed by atoms with Crippen molar-refractivity contribution in [2.24, 2.45) is 0 Å². The Morgan fingerprint density at radius 2 is 1.87 bits per heavy atom. The Kier molecular flexibility index (Phi) is 9.27. The van der Waals surface area contributed by atoms with Crippen LogP contribution in [0.4, 0.5) is 0 Å². The summed E-state index contributed by atoms with van der Waals surface area (Å²) in [4.78, 5) is 17.5. The molecule has 2 heterocycles. The first-order chi connectivity index (χ1) is 18.2. The van der Waals surface area contributed by atoms with Gasteiger partial charge in [0.15, 0.2) is 0 Å². The molecule has 202 valence electrons. The van der Waals surface area contributed by atoms with Crippen molar-refractivity contribution < 1.29 is 23.1 Å². The Bertz CT molecular complexity index is 1330. The number of carbonyl (C=O) groups excluding carboxylic acids is 1. The molecule has 1 unspecified atom stereocenters. The van der Waals surface area contributed by atoms with Crippen LogP contribution in [0.3, 0.4) is 0 Å². The second-order valence-electron chi connectivity index (χ2n) is 9.77. The first-order valence-electron chi connectivity index (χ1n) is 12.9. The lowest BCUT2D eigenvalue weighted by molar-refractivity contribution is 0.0624. The number of aryl methyl sites for hydroxylation is 2. The van der Waals surface area contributed by atoms with E-state index in [1.807, 2.05) is 43.3 Å². The molecule has 0 spiro atoms. The molecule has 4 rings (SSSR count). The van der Waals surface area contributed by atoms with Gasteiger partial charge in [-0.25, -0.2) is 13.4 Å². The van der Waals surface area contributed by atoms with Gasteiger partial charge >= 0.3 is 0 Å². The van der Waals surface area contributed by atoms with Gasteiger partial charge < -0.3 is 15.2 Å². The molecule has 1 fully saturated rings. The Labute approximate surface area is 224 Å². The number of aliphatic hydroxyl groups is 1. The molecule has 0 aliphatic carbocycles. The molecule has 1 aliphatic rings. The van der Waals surface area contributed by atoms with E-state index in [0.717, 1.165) is 24.0 Å². The highest BCUT2D eigenvalue weighted by Crippen LogP contribution is 2.22. The predicted molar refractivity (Wildman–Crippen MR) is 145 cm³/mol. The van der Waals surface area contributed by atoms with Gasteiger partial charge in [-0.15, -0.1) is 0 Å². The SMILES string of the molecule is Cc1cccc(S(=O)(=O)N(CC2CCCO2)C[C@@H](O)[C@H](Cc2ccccc2)NC(=O)c2cccc(C)n2)c1. The molecule has 0 radical (unpaired) electrons. The van der Waals surface area contributed by atoms with E-state index in [0.29, 0.717) is 18.7 Å². The number of nitrogens with one attached hydrogen (secondary N) is 1. The Hall–Kier alpha value is -3.11. The topological polar surface area (TPSA) is 109 Å². The Balaban J connectivity index is 1.61. The molecule has 38 heavy (non-hydrogen) atoms. The number of nitrogens with zero attached hydrogens (tertiary/aromatic N) is 2. The van der Waals surface area contributed by atoms with Gasteiger partial charge in [-0.2, -0.15) is 4.31 Å². The lowest BCUT2D eigenvalue weighted by Gasteiger charge is -2.31. The lowest BCUT2D eigenvalue weighted by Crippen LogP contribution is -2.51. The van der Waals surface area contributed by atoms with E-state index in [-0.39, 0.29) is 29.8 Å². The second-order valence-corrected chi connectivity index (χ2v) is 11.7. The molecule has 8 nitrogen and oxygen atoms in total. The maximum atomic E-state index is 13.7. The quantitative estimate of drug-likeness (QED) is 0.389. The fourth-order valence-electron chi connectivity index (χ4n) is 4.61. The van der Waals surface area contributed by atoms with E-state index in [9.17, 15) is 18.3 Å². The summed E-state index contributed by atoms with van der Waals surface area (Å²) in [7, 11) is -3.93. The standard InChI is InChI=1S/C29H35N3O5S/c1-21-9-6-14-25(17-21)38(35,36)32(19-24-13-8-16-37-24)20-28(33)27(18-23-11-4-3-5-12-23)31-29(34)26-15-7-10-22(2)30-26/h3-7,9-12,14-15,17,24,27-28,33H,8,13,16,18-20H2,1-2H3,(H,31,34)/t24?,27-,28+/m0/s1. The molecule has 3 aromatic rings. The molecule has 3 atom stereocenters. The molecule has 9 heteroatoms. The molecule has 1 saturated heterocycles. The number of pyridine rings is 1. The summed E-state index contributed by atoms with van der Waals surface area (Å²) in [6.07, 6.45) is 0.490. The summed E-state index contributed by atoms with van der Waals surface area (Å²) in [6, 6.07) is 20.6. The molecule has 0 saturated carbocycles. The third-order valence-electron chi connectivity index (χ3n) is 6.65. The van der Waals surface area contributed by atoms with Gasteiger partial charge in [0.1, 0.15) is 5.69 Å². The van der Waals surface area contributed by atoms with Crippen LogP contribution in [0, 0.1) is 13.8 Å². The van der Waals surface area contributed by atoms with E-state index >= 15 is 0 Å². The maximum Gasteiger partial charge on any atom is 0.270 e. The van der Waals surface area contributed by atoms with Crippen molar-refractivity contribution in [2.45, 2.75) is 56.3 Å². The summed E-state index contributed by atoms with van der Waals surface area (Å²) < 4.78 is 34.5. The molecular weight excluding hydrogens is 502 g/mol. The molecular formula is C29H35N3O5S. The number of carbonyl (C=O) groups is 1. The third-order valence-corrected chi connectivity index (χ3v) is 8.48. The third kappa shape index (κ3) is 7.26. The van der Waals surface area contributed by atoms with Crippen LogP contribution in [0.2, 0.25) is 0 Å². The van der Waals surface area contributed by atoms with Crippen molar-refractivity contribution in [3.05, 3.63) is 95.3 Å². The molecule has 2 N–H and O–H groups in total. The fraction of sp³-hybridized carbons (Fsp3) is 0.379. The van der Waals surface area contributed by atoms with E-state index in [2.05, 4.69) is 10.3 Å². The summed E-state index contributed by atoms with van der Waals surface area (Å²) in [5, 5.41) is 14.4. The van der Waals surface area contributed by atoms with Gasteiger partial charge in [0.25, 0.3) is 5.91 Å². The van der Waals surface area contributed by atoms with Crippen LogP contribution < -0.4 is 5.32 Å². The zero-order valence-corrected chi connectivity index (χ0v) is 22.6. The number of rotatable bonds is 11. The average molecular weight is 538 g/mol. The largest absolute Gasteiger partial charge is 0.390 e. The van der Waals surface area contributed by atoms with Crippen LogP contribution in [0.25, 0.3) is 0 Å². The van der Waals surface area contributed by atoms with Crippen molar-refractivity contribution in [1.82, 2.24) is 14.6 Å². The molecule has 2 aromatic carbocycles. The molecule has 0 bridgehead atoms. The van der Waals surface area contributed by atoms with Gasteiger partial charge in [0.05, 0.1) is 23.1 Å². The number of ether oxygens (including phenoxy) is 1. The van der Waals surface area contributed by atoms with Gasteiger partial charge in [0.2, 0.25) is 10.0 Å². The summed E-state index contributed by atoms with van der Waals surface area (Å²) in [5.74, 6) is -0.430. The van der Waals surface area contributed by atoms with Crippen LogP contribution in [0.5, 0.6) is 0 Å². The number of aliphatic hydroxyl groups excluding tert-OH is 1. The molecule has 1 amide bonds. The van der Waals surface area contributed by atoms with E-state index in [1.54, 1.807) is 43.3 Å². The van der Waals surface area contributed by atoms with Gasteiger partial charge in [-0.05, 0) is 68.5 Å². The number of benzene rings is 2. The Morgan fingerprint density at radius 1 is 1.11 bits per heavy atom. The highest BCUT2D eigenvalue weighted by atomic mass is 32.2. The van der Waals surface area contributed by atoms with Crippen molar-refractivity contribution in [2.75, 3.05) is 19.7 Å². The predicted octanol–water partition coefficient (Wildman–Crippen LogP) is 3.27. The van der Waals surface area contributed by atoms with E-state index in [1.165, 1.54) is 4.31 Å². The highest BCUT2D eigenvalue weighted by Gasteiger charge is 2.33. The zero-order chi connectivity index (χ0) is 27.1. The maximum absolute atomic E-state index is 13.7. The fourth-order valence-corrected chi connectivity index (χ4v) is 6.21. The lowest BCUT2D eigenvalue weighted by atomic mass is 10.0. The minimum atomic E-state index is -3.93. The van der Waals surface area contributed by atoms with Crippen molar-refractivity contribution in [3.63, 3.8) is 0 Å². The average Bonchev–Trinajstić information content (AvgIpc) is 3.42. The summed E-state index contributed by atoms with van der Waals surface area (Å²) in [6.45, 7) is 4.14. The van der Waals surface area contributed by atoms with Crippen molar-refractivity contribution >= 4 is 15.9 Å². The minimum absolute atomic E-state index is 0.124. The normalized spacial score (nSPS) is 17.3. The number of sulfonamides is 1. The molecule has 1 aromatic heterocycles. The first-order valence-corrected chi connectivity index (χ1v) is 14.3. The van der Waals surface area contributed by atoms with Crippen LogP contribution in [-0.4, -0.2) is 66.7 Å². The van der Waals surface area contributed by atoms with Crippen LogP contribution in [0.15, 0.2) is 77.7 Å². The summed E-state index contributed by atoms with van der Waals surface area (Å²) in [5.41, 5.74) is 2.66. The number of hydrogen-bond acceptors (Lipinski definition) is 6. The number of amides is 1. The highest BCUT2D eigenvalue weighted by molar-refractivity contribution is 7.89. The van der Waals surface area contributed by atoms with Gasteiger partial charge in [-0.1, -0.05) is 48.5 Å². The molecule has 1 aliphatic heterocycles. The smallest absolute Gasteiger partial charge is 0.270 e. The minimum Gasteiger partial charge on any atom is -0.390 e. The summed E-state index contributed by atoms with van der Waals surface area (Å²) >= 11 is 0. The number of aromatic nitrogens is 1. The Morgan fingerprint density at radius 3 is 2.55 bits per heavy atom. The van der Waals surface area contributed by atoms with E-state index in [4.69, 9.17) is 4.74 Å². The van der Waals surface area contributed by atoms with E-state index < -0.39 is 28.1 Å². The number of hydrogen-bond donors (Lipinski definition) is 2. The van der Waals surface area contributed by atoms with Gasteiger partial charge in [-0.3, -0.25) is 4.79 Å². The van der Waals surface area contributed by atoms with Crippen LogP contribution >= 0.6 is 0 Å². The zero-order valence-electron chi connectivity index (χ0n) is 21.8. The first kappa shape index (κ1) is 27.9. The monoisotopic (exact) mass is 537 g/mol. The van der Waals surface area contributed by atoms with Crippen LogP contribution in [-0.2, 0) is 21.2 Å². The second kappa shape index (κ2) is 12.6. The van der Waals surface area contributed by atoms with Crippen molar-refractivity contribution in [1.29, 1.82) is 0 Å². The van der Waals surface area contributed by atoms with Gasteiger partial charge in [0, 0.05) is 25.4 Å². The van der Waals surface area contributed by atoms with Crippen molar-refractivity contribution in [3.8, 4) is 0 Å².